The Morgan fingerprint density at radius 3 is 2.64 bits per heavy atom. The van der Waals surface area contributed by atoms with E-state index in [-0.39, 0.29) is 11.1 Å². The molecule has 3 rings (SSSR count). The second-order valence-corrected chi connectivity index (χ2v) is 6.02. The maximum absolute atomic E-state index is 12.3. The Hall–Kier alpha value is -3.14. The molecule has 1 atom stereocenters. The van der Waals surface area contributed by atoms with Crippen molar-refractivity contribution < 1.29 is 9.53 Å². The van der Waals surface area contributed by atoms with Crippen LogP contribution < -0.4 is 10.2 Å². The molecule has 0 saturated carbocycles. The number of hydrogen-bond acceptors (Lipinski definition) is 3. The maximum Gasteiger partial charge on any atom is 0.190 e. The summed E-state index contributed by atoms with van der Waals surface area (Å²) in [5.74, 6) is 1.78. The van der Waals surface area contributed by atoms with Gasteiger partial charge in [-0.05, 0) is 42.7 Å². The van der Waals surface area contributed by atoms with Gasteiger partial charge in [-0.2, -0.15) is 0 Å². The van der Waals surface area contributed by atoms with Crippen molar-refractivity contribution in [1.29, 1.82) is 0 Å². The van der Waals surface area contributed by atoms with Gasteiger partial charge in [0.15, 0.2) is 11.7 Å². The number of carbonyl (C=O) groups excluding carboxylic acids is 1. The summed E-state index contributed by atoms with van der Waals surface area (Å²) in [7, 11) is 0. The number of aromatic nitrogens is 1. The molecule has 126 valence electrons. The number of ether oxygens (including phenoxy) is 1. The molecule has 0 aliphatic heterocycles. The molecule has 1 N–H and O–H groups in total. The summed E-state index contributed by atoms with van der Waals surface area (Å²) >= 11 is 0. The molecule has 1 aliphatic carbocycles. The van der Waals surface area contributed by atoms with Gasteiger partial charge in [0.25, 0.3) is 0 Å². The van der Waals surface area contributed by atoms with Gasteiger partial charge in [0.05, 0.1) is 11.3 Å². The van der Waals surface area contributed by atoms with Gasteiger partial charge < -0.3 is 9.72 Å². The summed E-state index contributed by atoms with van der Waals surface area (Å²) < 4.78 is 5.85. The molecule has 0 radical (unpaired) electrons. The van der Waals surface area contributed by atoms with Crippen molar-refractivity contribution in [2.24, 2.45) is 5.92 Å². The first-order valence-corrected chi connectivity index (χ1v) is 8.11. The second kappa shape index (κ2) is 7.18. The Labute approximate surface area is 146 Å². The van der Waals surface area contributed by atoms with E-state index in [2.05, 4.69) is 24.1 Å². The highest BCUT2D eigenvalue weighted by atomic mass is 16.5. The highest BCUT2D eigenvalue weighted by Crippen LogP contribution is 2.23. The van der Waals surface area contributed by atoms with Crippen LogP contribution in [-0.4, -0.2) is 11.3 Å². The zero-order valence-corrected chi connectivity index (χ0v) is 14.2. The average molecular weight is 333 g/mol. The minimum atomic E-state index is -0.180. The highest BCUT2D eigenvalue weighted by molar-refractivity contribution is 5.85. The lowest BCUT2D eigenvalue weighted by Crippen LogP contribution is -2.10. The third kappa shape index (κ3) is 3.86. The number of aromatic amines is 1. The first kappa shape index (κ1) is 16.7. The number of benzene rings is 1. The molecule has 0 fully saturated rings. The molecule has 1 aromatic heterocycles. The summed E-state index contributed by atoms with van der Waals surface area (Å²) in [6, 6.07) is 8.62. The fraction of sp³-hybridized carbons (Fsp3) is 0.143. The van der Waals surface area contributed by atoms with E-state index in [9.17, 15) is 9.59 Å². The van der Waals surface area contributed by atoms with Crippen LogP contribution in [0.3, 0.4) is 0 Å². The largest absolute Gasteiger partial charge is 0.457 e. The van der Waals surface area contributed by atoms with Crippen LogP contribution in [0.4, 0.5) is 0 Å². The maximum atomic E-state index is 12.3. The van der Waals surface area contributed by atoms with Crippen LogP contribution in [0.15, 0.2) is 71.3 Å². The molecule has 1 heterocycles. The number of aryl methyl sites for hydroxylation is 1. The molecule has 1 unspecified atom stereocenters. The number of rotatable bonds is 4. The van der Waals surface area contributed by atoms with E-state index in [0.29, 0.717) is 34.8 Å². The van der Waals surface area contributed by atoms with Gasteiger partial charge in [-0.25, -0.2) is 0 Å². The molecule has 0 bridgehead atoms. The fourth-order valence-corrected chi connectivity index (χ4v) is 2.68. The zero-order valence-electron chi connectivity index (χ0n) is 14.2. The number of pyridine rings is 1. The Kier molecular flexibility index (Phi) is 4.80. The van der Waals surface area contributed by atoms with E-state index in [1.807, 2.05) is 18.2 Å². The SMILES string of the molecule is Cc1cc(=O)c(-c2ccc(OC3=CC=CC(C)C=C3)cc2)c(C=O)[nH]1. The lowest BCUT2D eigenvalue weighted by molar-refractivity contribution is 0.111. The van der Waals surface area contributed by atoms with Gasteiger partial charge in [0.2, 0.25) is 0 Å². The third-order valence-corrected chi connectivity index (χ3v) is 3.93. The summed E-state index contributed by atoms with van der Waals surface area (Å²) in [5, 5.41) is 0. The summed E-state index contributed by atoms with van der Waals surface area (Å²) in [4.78, 5) is 26.5. The summed E-state index contributed by atoms with van der Waals surface area (Å²) in [6.45, 7) is 3.85. The second-order valence-electron chi connectivity index (χ2n) is 6.02. The fourth-order valence-electron chi connectivity index (χ4n) is 2.68. The van der Waals surface area contributed by atoms with Gasteiger partial charge >= 0.3 is 0 Å². The molecule has 2 aromatic rings. The molecule has 1 aromatic carbocycles. The minimum Gasteiger partial charge on any atom is -0.457 e. The first-order valence-electron chi connectivity index (χ1n) is 8.11. The predicted octanol–water partition coefficient (Wildman–Crippen LogP) is 4.19. The number of H-pyrrole nitrogens is 1. The van der Waals surface area contributed by atoms with Crippen molar-refractivity contribution in [2.75, 3.05) is 0 Å². The van der Waals surface area contributed by atoms with Crippen molar-refractivity contribution >= 4 is 6.29 Å². The van der Waals surface area contributed by atoms with E-state index in [4.69, 9.17) is 4.74 Å². The van der Waals surface area contributed by atoms with Gasteiger partial charge in [-0.1, -0.05) is 37.3 Å². The van der Waals surface area contributed by atoms with Gasteiger partial charge in [0.1, 0.15) is 11.5 Å². The van der Waals surface area contributed by atoms with Gasteiger partial charge in [0, 0.05) is 11.8 Å². The summed E-state index contributed by atoms with van der Waals surface area (Å²) in [6.07, 6.45) is 10.6. The standard InChI is InChI=1S/C21H19NO3/c1-14-4-3-5-17(9-6-14)25-18-10-7-16(8-11-18)21-19(13-23)22-15(2)12-20(21)24/h3-14H,1-2H3,(H,22,24). The van der Waals surface area contributed by atoms with Crippen molar-refractivity contribution in [3.05, 3.63) is 88.1 Å². The van der Waals surface area contributed by atoms with Crippen LogP contribution in [-0.2, 0) is 0 Å². The van der Waals surface area contributed by atoms with Gasteiger partial charge in [-0.15, -0.1) is 0 Å². The molecular formula is C21H19NO3. The van der Waals surface area contributed by atoms with Crippen LogP contribution >= 0.6 is 0 Å². The van der Waals surface area contributed by atoms with Gasteiger partial charge in [-0.3, -0.25) is 9.59 Å². The Morgan fingerprint density at radius 2 is 1.92 bits per heavy atom. The van der Waals surface area contributed by atoms with E-state index in [1.54, 1.807) is 31.2 Å². The molecule has 4 heteroatoms. The summed E-state index contributed by atoms with van der Waals surface area (Å²) in [5.41, 5.74) is 1.81. The van der Waals surface area contributed by atoms with E-state index in [1.165, 1.54) is 6.07 Å². The van der Waals surface area contributed by atoms with E-state index >= 15 is 0 Å². The quantitative estimate of drug-likeness (QED) is 0.854. The van der Waals surface area contributed by atoms with Crippen molar-refractivity contribution in [1.82, 2.24) is 4.98 Å². The molecule has 0 amide bonds. The average Bonchev–Trinajstić information content (AvgIpc) is 2.79. The van der Waals surface area contributed by atoms with Crippen LogP contribution in [0.2, 0.25) is 0 Å². The number of carbonyl (C=O) groups is 1. The lowest BCUT2D eigenvalue weighted by Gasteiger charge is -2.09. The molecule has 0 spiro atoms. The smallest absolute Gasteiger partial charge is 0.190 e. The van der Waals surface area contributed by atoms with Crippen molar-refractivity contribution in [3.63, 3.8) is 0 Å². The third-order valence-electron chi connectivity index (χ3n) is 3.93. The first-order chi connectivity index (χ1) is 12.1. The number of allylic oxidation sites excluding steroid dienone is 5. The minimum absolute atomic E-state index is 0.180. The van der Waals surface area contributed by atoms with Crippen LogP contribution in [0, 0.1) is 12.8 Å². The molecule has 25 heavy (non-hydrogen) atoms. The van der Waals surface area contributed by atoms with Crippen LogP contribution in [0.1, 0.15) is 23.1 Å². The van der Waals surface area contributed by atoms with Crippen molar-refractivity contribution in [3.8, 4) is 16.9 Å². The normalized spacial score (nSPS) is 16.2. The van der Waals surface area contributed by atoms with Crippen LogP contribution in [0.25, 0.3) is 11.1 Å². The predicted molar refractivity (Wildman–Crippen MR) is 98.8 cm³/mol. The Bertz CT molecular complexity index is 931. The molecule has 0 saturated heterocycles. The molecule has 1 aliphatic rings. The van der Waals surface area contributed by atoms with E-state index < -0.39 is 0 Å². The van der Waals surface area contributed by atoms with E-state index in [0.717, 1.165) is 5.76 Å². The highest BCUT2D eigenvalue weighted by Gasteiger charge is 2.11. The topological polar surface area (TPSA) is 59.2 Å². The molecule has 4 nitrogen and oxygen atoms in total. The molecular weight excluding hydrogens is 314 g/mol. The number of aldehydes is 1. The Morgan fingerprint density at radius 1 is 1.16 bits per heavy atom. The number of nitrogens with one attached hydrogen (secondary N) is 1. The number of hydrogen-bond donors (Lipinski definition) is 1. The van der Waals surface area contributed by atoms with Crippen LogP contribution in [0.5, 0.6) is 5.75 Å². The lowest BCUT2D eigenvalue weighted by atomic mass is 10.0. The van der Waals surface area contributed by atoms with Crippen molar-refractivity contribution in [2.45, 2.75) is 13.8 Å². The monoisotopic (exact) mass is 333 g/mol. The Balaban J connectivity index is 1.88. The zero-order chi connectivity index (χ0) is 17.8.